The summed E-state index contributed by atoms with van der Waals surface area (Å²) < 4.78 is 0. The van der Waals surface area contributed by atoms with Gasteiger partial charge >= 0.3 is 0 Å². The minimum Gasteiger partial charge on any atom is -0.354 e. The van der Waals surface area contributed by atoms with Gasteiger partial charge in [-0.3, -0.25) is 9.78 Å². The van der Waals surface area contributed by atoms with Crippen molar-refractivity contribution in [2.24, 2.45) is 0 Å². The molecule has 2 heterocycles. The molecule has 0 spiro atoms. The van der Waals surface area contributed by atoms with Crippen LogP contribution in [0.1, 0.15) is 28.7 Å². The van der Waals surface area contributed by atoms with Gasteiger partial charge in [-0.1, -0.05) is 25.1 Å². The van der Waals surface area contributed by atoms with Gasteiger partial charge in [0.05, 0.1) is 5.52 Å². The van der Waals surface area contributed by atoms with Crippen LogP contribution in [0, 0.1) is 0 Å². The van der Waals surface area contributed by atoms with Crippen LogP contribution in [-0.2, 0) is 13.0 Å². The Morgan fingerprint density at radius 1 is 1.18 bits per heavy atom. The van der Waals surface area contributed by atoms with E-state index >= 15 is 0 Å². The molecule has 4 heteroatoms. The number of carbonyl (C=O) groups excluding carboxylic acids is 1. The minimum absolute atomic E-state index is 0.000549. The number of fused-ring (bicyclic) bond motifs is 1. The molecule has 4 nitrogen and oxygen atoms in total. The van der Waals surface area contributed by atoms with E-state index in [1.165, 1.54) is 0 Å². The normalized spacial score (nSPS) is 10.8. The lowest BCUT2D eigenvalue weighted by Gasteiger charge is -2.17. The Labute approximate surface area is 129 Å². The standard InChI is InChI=1S/C18H19N3O/c1-3-14-8-9-17(20-14)18(22)21(2)12-13-10-11-19-16-7-5-4-6-15(13)16/h4-11,20H,3,12H2,1-2H3. The van der Waals surface area contributed by atoms with E-state index in [2.05, 4.69) is 16.9 Å². The van der Waals surface area contributed by atoms with Crippen molar-refractivity contribution >= 4 is 16.8 Å². The van der Waals surface area contributed by atoms with Gasteiger partial charge < -0.3 is 9.88 Å². The zero-order valence-electron chi connectivity index (χ0n) is 12.8. The highest BCUT2D eigenvalue weighted by molar-refractivity contribution is 5.92. The van der Waals surface area contributed by atoms with Gasteiger partial charge in [-0.15, -0.1) is 0 Å². The first kappa shape index (κ1) is 14.3. The number of aromatic amines is 1. The highest BCUT2D eigenvalue weighted by Gasteiger charge is 2.14. The van der Waals surface area contributed by atoms with Gasteiger partial charge in [0, 0.05) is 30.9 Å². The predicted molar refractivity (Wildman–Crippen MR) is 87.7 cm³/mol. The zero-order valence-corrected chi connectivity index (χ0v) is 12.8. The molecule has 2 aromatic heterocycles. The Balaban J connectivity index is 1.83. The van der Waals surface area contributed by atoms with Crippen LogP contribution in [0.3, 0.4) is 0 Å². The molecule has 0 atom stereocenters. The average molecular weight is 293 g/mol. The van der Waals surface area contributed by atoms with E-state index in [0.29, 0.717) is 12.2 Å². The van der Waals surface area contributed by atoms with Crippen LogP contribution in [0.2, 0.25) is 0 Å². The number of amides is 1. The number of nitrogens with zero attached hydrogens (tertiary/aromatic N) is 2. The zero-order chi connectivity index (χ0) is 15.5. The topological polar surface area (TPSA) is 49.0 Å². The Hall–Kier alpha value is -2.62. The van der Waals surface area contributed by atoms with Gasteiger partial charge in [0.25, 0.3) is 5.91 Å². The molecule has 3 aromatic rings. The van der Waals surface area contributed by atoms with Crippen LogP contribution in [0.25, 0.3) is 10.9 Å². The third-order valence-corrected chi connectivity index (χ3v) is 3.85. The van der Waals surface area contributed by atoms with Crippen molar-refractivity contribution in [1.82, 2.24) is 14.9 Å². The Morgan fingerprint density at radius 2 is 2.00 bits per heavy atom. The third-order valence-electron chi connectivity index (χ3n) is 3.85. The summed E-state index contributed by atoms with van der Waals surface area (Å²) in [6.07, 6.45) is 2.69. The molecule has 0 bridgehead atoms. The van der Waals surface area contributed by atoms with E-state index in [-0.39, 0.29) is 5.91 Å². The first-order valence-corrected chi connectivity index (χ1v) is 7.45. The first-order valence-electron chi connectivity index (χ1n) is 7.45. The van der Waals surface area contributed by atoms with Crippen molar-refractivity contribution in [3.63, 3.8) is 0 Å². The van der Waals surface area contributed by atoms with E-state index in [4.69, 9.17) is 0 Å². The number of para-hydroxylation sites is 1. The van der Waals surface area contributed by atoms with Crippen molar-refractivity contribution in [2.75, 3.05) is 7.05 Å². The average Bonchev–Trinajstić information content (AvgIpc) is 3.03. The first-order chi connectivity index (χ1) is 10.7. The number of H-pyrrole nitrogens is 1. The van der Waals surface area contributed by atoms with E-state index in [1.807, 2.05) is 49.5 Å². The summed E-state index contributed by atoms with van der Waals surface area (Å²) in [4.78, 5) is 21.7. The number of aryl methyl sites for hydroxylation is 1. The molecule has 0 saturated heterocycles. The molecule has 0 aliphatic heterocycles. The molecule has 0 unspecified atom stereocenters. The second kappa shape index (κ2) is 6.02. The molecule has 0 saturated carbocycles. The monoisotopic (exact) mass is 293 g/mol. The lowest BCUT2D eigenvalue weighted by Crippen LogP contribution is -2.26. The second-order valence-electron chi connectivity index (χ2n) is 5.40. The highest BCUT2D eigenvalue weighted by atomic mass is 16.2. The number of hydrogen-bond donors (Lipinski definition) is 1. The number of hydrogen-bond acceptors (Lipinski definition) is 2. The number of nitrogens with one attached hydrogen (secondary N) is 1. The van der Waals surface area contributed by atoms with Gasteiger partial charge in [-0.05, 0) is 36.2 Å². The quantitative estimate of drug-likeness (QED) is 0.801. The van der Waals surface area contributed by atoms with Gasteiger partial charge in [0.1, 0.15) is 5.69 Å². The Bertz CT molecular complexity index is 801. The predicted octanol–water partition coefficient (Wildman–Crippen LogP) is 3.40. The third kappa shape index (κ3) is 2.72. The van der Waals surface area contributed by atoms with Crippen LogP contribution >= 0.6 is 0 Å². The lowest BCUT2D eigenvalue weighted by atomic mass is 10.1. The largest absolute Gasteiger partial charge is 0.354 e. The fourth-order valence-electron chi connectivity index (χ4n) is 2.60. The molecule has 0 radical (unpaired) electrons. The maximum Gasteiger partial charge on any atom is 0.270 e. The van der Waals surface area contributed by atoms with Crippen LogP contribution in [-0.4, -0.2) is 27.8 Å². The van der Waals surface area contributed by atoms with Crippen molar-refractivity contribution in [3.8, 4) is 0 Å². The van der Waals surface area contributed by atoms with Crippen LogP contribution in [0.5, 0.6) is 0 Å². The van der Waals surface area contributed by atoms with Crippen LogP contribution < -0.4 is 0 Å². The summed E-state index contributed by atoms with van der Waals surface area (Å²) in [5, 5.41) is 1.09. The fourth-order valence-corrected chi connectivity index (χ4v) is 2.60. The molecule has 0 aliphatic carbocycles. The van der Waals surface area contributed by atoms with Crippen molar-refractivity contribution in [3.05, 3.63) is 65.6 Å². The number of carbonyl (C=O) groups is 1. The second-order valence-corrected chi connectivity index (χ2v) is 5.40. The molecular weight excluding hydrogens is 274 g/mol. The maximum atomic E-state index is 12.5. The number of aromatic nitrogens is 2. The molecular formula is C18H19N3O. The Kier molecular flexibility index (Phi) is 3.92. The van der Waals surface area contributed by atoms with Crippen molar-refractivity contribution < 1.29 is 4.79 Å². The molecule has 1 N–H and O–H groups in total. The van der Waals surface area contributed by atoms with E-state index in [1.54, 1.807) is 11.1 Å². The van der Waals surface area contributed by atoms with Crippen molar-refractivity contribution in [2.45, 2.75) is 19.9 Å². The molecule has 1 amide bonds. The number of rotatable bonds is 4. The molecule has 0 fully saturated rings. The molecule has 3 rings (SSSR count). The summed E-state index contributed by atoms with van der Waals surface area (Å²) in [5.74, 6) is 0.000549. The summed E-state index contributed by atoms with van der Waals surface area (Å²) in [6, 6.07) is 13.8. The van der Waals surface area contributed by atoms with Gasteiger partial charge in [-0.2, -0.15) is 0 Å². The summed E-state index contributed by atoms with van der Waals surface area (Å²) >= 11 is 0. The Morgan fingerprint density at radius 3 is 2.77 bits per heavy atom. The summed E-state index contributed by atoms with van der Waals surface area (Å²) in [5.41, 5.74) is 3.77. The SMILES string of the molecule is CCc1ccc(C(=O)N(C)Cc2ccnc3ccccc23)[nH]1. The van der Waals surface area contributed by atoms with Crippen LogP contribution in [0.4, 0.5) is 0 Å². The molecule has 22 heavy (non-hydrogen) atoms. The molecule has 0 aliphatic rings. The van der Waals surface area contributed by atoms with Gasteiger partial charge in [0.2, 0.25) is 0 Å². The van der Waals surface area contributed by atoms with Gasteiger partial charge in [-0.25, -0.2) is 0 Å². The van der Waals surface area contributed by atoms with E-state index in [0.717, 1.165) is 28.6 Å². The highest BCUT2D eigenvalue weighted by Crippen LogP contribution is 2.18. The maximum absolute atomic E-state index is 12.5. The summed E-state index contributed by atoms with van der Waals surface area (Å²) in [7, 11) is 1.82. The fraction of sp³-hybridized carbons (Fsp3) is 0.222. The number of pyridine rings is 1. The van der Waals surface area contributed by atoms with E-state index < -0.39 is 0 Å². The van der Waals surface area contributed by atoms with E-state index in [9.17, 15) is 4.79 Å². The summed E-state index contributed by atoms with van der Waals surface area (Å²) in [6.45, 7) is 2.62. The minimum atomic E-state index is 0.000549. The molecule has 112 valence electrons. The van der Waals surface area contributed by atoms with Crippen LogP contribution in [0.15, 0.2) is 48.7 Å². The van der Waals surface area contributed by atoms with Crippen molar-refractivity contribution in [1.29, 1.82) is 0 Å². The number of benzene rings is 1. The lowest BCUT2D eigenvalue weighted by molar-refractivity contribution is 0.0780. The smallest absolute Gasteiger partial charge is 0.270 e. The van der Waals surface area contributed by atoms with Gasteiger partial charge in [0.15, 0.2) is 0 Å². The molecule has 1 aromatic carbocycles.